The van der Waals surface area contributed by atoms with Crippen LogP contribution in [0.25, 0.3) is 16.9 Å². The minimum Gasteiger partial charge on any atom is -0.386 e. The summed E-state index contributed by atoms with van der Waals surface area (Å²) in [6.07, 6.45) is 5.56. The molecule has 2 aromatic carbocycles. The number of aromatic nitrogens is 3. The molecule has 2 aromatic heterocycles. The Morgan fingerprint density at radius 1 is 1.03 bits per heavy atom. The van der Waals surface area contributed by atoms with E-state index in [1.807, 2.05) is 47.1 Å². The molecule has 164 valence electrons. The smallest absolute Gasteiger partial charge is 0.180 e. The second kappa shape index (κ2) is 8.74. The van der Waals surface area contributed by atoms with Gasteiger partial charge in [-0.25, -0.2) is 9.97 Å². The molecule has 1 aliphatic rings. The Morgan fingerprint density at radius 2 is 1.84 bits per heavy atom. The molecule has 0 bridgehead atoms. The van der Waals surface area contributed by atoms with Crippen molar-refractivity contribution < 1.29 is 9.94 Å². The number of fused-ring (bicyclic) bond motifs is 1. The summed E-state index contributed by atoms with van der Waals surface area (Å²) < 4.78 is 7.37. The number of imidazole rings is 1. The fourth-order valence-corrected chi connectivity index (χ4v) is 3.88. The fourth-order valence-electron chi connectivity index (χ4n) is 3.88. The Morgan fingerprint density at radius 3 is 2.59 bits per heavy atom. The highest BCUT2D eigenvalue weighted by atomic mass is 16.5. The molecule has 3 heterocycles. The zero-order chi connectivity index (χ0) is 21.9. The lowest BCUT2D eigenvalue weighted by atomic mass is 10.1. The second-order valence-electron chi connectivity index (χ2n) is 7.53. The van der Waals surface area contributed by atoms with Gasteiger partial charge in [0.2, 0.25) is 0 Å². The standard InChI is InChI=1S/C23H25N7O2/c1-24-19-7-2-16(14-20(19)28-31)21-15-30-9-8-25-23(30)22(27-21)26-17-3-5-18(6-4-17)29-10-12-32-13-11-29/h2-9,14-15,24,28,31H,10-13H2,1H3,(H,26,27). The SMILES string of the molecule is CNc1ccc(-c2cn3ccnc3c(Nc3ccc(N4CCOCC4)cc3)n2)cc1NO. The first kappa shape index (κ1) is 20.1. The molecule has 0 unspecified atom stereocenters. The van der Waals surface area contributed by atoms with E-state index in [1.165, 1.54) is 5.69 Å². The number of hydrogen-bond acceptors (Lipinski definition) is 8. The van der Waals surface area contributed by atoms with E-state index >= 15 is 0 Å². The topological polar surface area (TPSA) is 99.0 Å². The van der Waals surface area contributed by atoms with Crippen molar-refractivity contribution in [2.45, 2.75) is 0 Å². The second-order valence-corrected chi connectivity index (χ2v) is 7.53. The van der Waals surface area contributed by atoms with Crippen LogP contribution in [-0.2, 0) is 4.74 Å². The quantitative estimate of drug-likeness (QED) is 0.342. The first-order valence-corrected chi connectivity index (χ1v) is 10.5. The first-order valence-electron chi connectivity index (χ1n) is 10.5. The number of hydrogen-bond donors (Lipinski definition) is 4. The van der Waals surface area contributed by atoms with Crippen LogP contribution in [0, 0.1) is 0 Å². The molecule has 1 aliphatic heterocycles. The molecule has 0 atom stereocenters. The molecule has 9 heteroatoms. The van der Waals surface area contributed by atoms with Crippen molar-refractivity contribution in [1.82, 2.24) is 14.4 Å². The van der Waals surface area contributed by atoms with Crippen LogP contribution in [0.3, 0.4) is 0 Å². The molecular formula is C23H25N7O2. The number of morpholine rings is 1. The summed E-state index contributed by atoms with van der Waals surface area (Å²) in [7, 11) is 1.80. The summed E-state index contributed by atoms with van der Waals surface area (Å²) in [6, 6.07) is 14.0. The maximum Gasteiger partial charge on any atom is 0.180 e. The van der Waals surface area contributed by atoms with Crippen molar-refractivity contribution >= 4 is 34.2 Å². The third kappa shape index (κ3) is 3.91. The molecule has 4 N–H and O–H groups in total. The van der Waals surface area contributed by atoms with Crippen LogP contribution in [0.1, 0.15) is 0 Å². The minimum atomic E-state index is 0.575. The molecular weight excluding hydrogens is 406 g/mol. The van der Waals surface area contributed by atoms with E-state index in [-0.39, 0.29) is 0 Å². The molecule has 4 aromatic rings. The molecule has 0 spiro atoms. The van der Waals surface area contributed by atoms with Crippen LogP contribution in [-0.4, -0.2) is 52.9 Å². The van der Waals surface area contributed by atoms with Crippen LogP contribution >= 0.6 is 0 Å². The van der Waals surface area contributed by atoms with E-state index in [0.717, 1.165) is 54.6 Å². The van der Waals surface area contributed by atoms with Gasteiger partial charge >= 0.3 is 0 Å². The first-order chi connectivity index (χ1) is 15.7. The van der Waals surface area contributed by atoms with E-state index in [9.17, 15) is 5.21 Å². The summed E-state index contributed by atoms with van der Waals surface area (Å²) in [4.78, 5) is 11.6. The number of anilines is 5. The molecule has 32 heavy (non-hydrogen) atoms. The third-order valence-corrected chi connectivity index (χ3v) is 5.59. The highest BCUT2D eigenvalue weighted by Gasteiger charge is 2.13. The van der Waals surface area contributed by atoms with Gasteiger partial charge < -0.3 is 24.7 Å². The normalized spacial score (nSPS) is 13.9. The van der Waals surface area contributed by atoms with E-state index in [4.69, 9.17) is 9.72 Å². The molecule has 0 amide bonds. The van der Waals surface area contributed by atoms with E-state index in [1.54, 1.807) is 13.2 Å². The van der Waals surface area contributed by atoms with Crippen molar-refractivity contribution in [3.63, 3.8) is 0 Å². The van der Waals surface area contributed by atoms with Gasteiger partial charge in [-0.1, -0.05) is 6.07 Å². The average Bonchev–Trinajstić information content (AvgIpc) is 3.34. The molecule has 1 fully saturated rings. The number of ether oxygens (including phenoxy) is 1. The maximum atomic E-state index is 9.48. The van der Waals surface area contributed by atoms with Crippen molar-refractivity contribution in [2.75, 3.05) is 54.4 Å². The zero-order valence-corrected chi connectivity index (χ0v) is 17.7. The van der Waals surface area contributed by atoms with Gasteiger partial charge in [-0.05, 0) is 36.4 Å². The zero-order valence-electron chi connectivity index (χ0n) is 17.7. The molecule has 1 saturated heterocycles. The van der Waals surface area contributed by atoms with E-state index in [0.29, 0.717) is 11.5 Å². The van der Waals surface area contributed by atoms with Crippen LogP contribution < -0.4 is 21.0 Å². The average molecular weight is 432 g/mol. The van der Waals surface area contributed by atoms with E-state index in [2.05, 4.69) is 38.1 Å². The molecule has 0 aliphatic carbocycles. The summed E-state index contributed by atoms with van der Waals surface area (Å²) >= 11 is 0. The minimum absolute atomic E-state index is 0.575. The van der Waals surface area contributed by atoms with Gasteiger partial charge in [-0.2, -0.15) is 0 Å². The van der Waals surface area contributed by atoms with Gasteiger partial charge in [0.1, 0.15) is 0 Å². The van der Waals surface area contributed by atoms with Crippen LogP contribution in [0.2, 0.25) is 0 Å². The van der Waals surface area contributed by atoms with Gasteiger partial charge in [0, 0.05) is 55.7 Å². The van der Waals surface area contributed by atoms with Crippen molar-refractivity contribution in [3.05, 3.63) is 61.1 Å². The predicted molar refractivity (Wildman–Crippen MR) is 126 cm³/mol. The lowest BCUT2D eigenvalue weighted by Crippen LogP contribution is -2.36. The Labute approximate surface area is 185 Å². The lowest BCUT2D eigenvalue weighted by molar-refractivity contribution is 0.122. The summed E-state index contributed by atoms with van der Waals surface area (Å²) in [5, 5.41) is 15.9. The third-order valence-electron chi connectivity index (χ3n) is 5.59. The highest BCUT2D eigenvalue weighted by Crippen LogP contribution is 2.30. The van der Waals surface area contributed by atoms with Gasteiger partial charge in [-0.3, -0.25) is 10.7 Å². The van der Waals surface area contributed by atoms with Gasteiger partial charge in [0.25, 0.3) is 0 Å². The predicted octanol–water partition coefficient (Wildman–Crippen LogP) is 3.82. The molecule has 0 saturated carbocycles. The lowest BCUT2D eigenvalue weighted by Gasteiger charge is -2.28. The highest BCUT2D eigenvalue weighted by molar-refractivity contribution is 5.78. The number of nitrogens with zero attached hydrogens (tertiary/aromatic N) is 4. The van der Waals surface area contributed by atoms with Gasteiger partial charge in [0.05, 0.1) is 30.3 Å². The Kier molecular flexibility index (Phi) is 5.49. The summed E-state index contributed by atoms with van der Waals surface area (Å²) in [5.41, 5.74) is 8.06. The Balaban J connectivity index is 1.46. The monoisotopic (exact) mass is 431 g/mol. The Hall–Kier alpha value is -3.82. The number of benzene rings is 2. The van der Waals surface area contributed by atoms with Crippen molar-refractivity contribution in [3.8, 4) is 11.3 Å². The van der Waals surface area contributed by atoms with Crippen molar-refractivity contribution in [1.29, 1.82) is 0 Å². The maximum absolute atomic E-state index is 9.48. The molecule has 5 rings (SSSR count). The fraction of sp³-hybridized carbons (Fsp3) is 0.217. The van der Waals surface area contributed by atoms with Crippen LogP contribution in [0.4, 0.5) is 28.6 Å². The summed E-state index contributed by atoms with van der Waals surface area (Å²) in [6.45, 7) is 3.33. The van der Waals surface area contributed by atoms with Crippen molar-refractivity contribution in [2.24, 2.45) is 0 Å². The molecule has 0 radical (unpaired) electrons. The van der Waals surface area contributed by atoms with Gasteiger partial charge in [0.15, 0.2) is 11.5 Å². The largest absolute Gasteiger partial charge is 0.386 e. The van der Waals surface area contributed by atoms with E-state index < -0.39 is 0 Å². The van der Waals surface area contributed by atoms with Crippen LogP contribution in [0.15, 0.2) is 61.1 Å². The molecule has 9 nitrogen and oxygen atoms in total. The summed E-state index contributed by atoms with van der Waals surface area (Å²) in [5.74, 6) is 0.655. The number of nitrogens with one attached hydrogen (secondary N) is 3. The Bertz CT molecular complexity index is 1220. The van der Waals surface area contributed by atoms with Gasteiger partial charge in [-0.15, -0.1) is 0 Å². The number of rotatable bonds is 6. The van der Waals surface area contributed by atoms with Crippen LogP contribution in [0.5, 0.6) is 0 Å².